The van der Waals surface area contributed by atoms with E-state index >= 15 is 0 Å². The second-order valence-corrected chi connectivity index (χ2v) is 9.29. The minimum absolute atomic E-state index is 0.0445. The van der Waals surface area contributed by atoms with Crippen LogP contribution in [0, 0.1) is 0 Å². The van der Waals surface area contributed by atoms with E-state index < -0.39 is 60.2 Å². The molecule has 0 bridgehead atoms. The van der Waals surface area contributed by atoms with Gasteiger partial charge in [0, 0.05) is 35.8 Å². The predicted octanol–water partition coefficient (Wildman–Crippen LogP) is -1.97. The molecular formula is C24H34N8O7S. The minimum atomic E-state index is -1.56. The molecule has 0 radical (unpaired) electrons. The number of nitrogens with two attached hydrogens (primary N) is 3. The van der Waals surface area contributed by atoms with E-state index in [0.29, 0.717) is 12.0 Å². The number of aromatic nitrogens is 1. The van der Waals surface area contributed by atoms with Gasteiger partial charge in [0.2, 0.25) is 17.7 Å². The first-order valence-electron chi connectivity index (χ1n) is 12.3. The van der Waals surface area contributed by atoms with Crippen molar-refractivity contribution in [1.29, 1.82) is 0 Å². The number of aromatic amines is 1. The fourth-order valence-electron chi connectivity index (χ4n) is 3.77. The van der Waals surface area contributed by atoms with Gasteiger partial charge in [0.25, 0.3) is 0 Å². The van der Waals surface area contributed by atoms with Crippen LogP contribution in [0.1, 0.15) is 24.8 Å². The average Bonchev–Trinajstić information content (AvgIpc) is 3.30. The maximum Gasteiger partial charge on any atom is 0.326 e. The number of hydrogen-bond acceptors (Lipinski definition) is 8. The van der Waals surface area contributed by atoms with Crippen molar-refractivity contribution in [2.45, 2.75) is 49.9 Å². The number of guanidine groups is 1. The number of fused-ring (bicyclic) bond motifs is 1. The standard InChI is InChI=1S/C24H34N8O7S/c25-14(5-3-7-28-24(26)27)20(35)30-16(9-19(33)34)21(36)32-18(11-40)22(37)31-17(23(38)39)8-12-10-29-15-6-2-1-4-13(12)15/h1-2,4,6,10,14,16-18,29,40H,3,5,7-9,11,25H2,(H,30,35)(H,31,37)(H,32,36)(H,33,34)(H,38,39)(H4,26,27,28). The van der Waals surface area contributed by atoms with Gasteiger partial charge in [-0.15, -0.1) is 0 Å². The van der Waals surface area contributed by atoms with Crippen LogP contribution in [0.5, 0.6) is 0 Å². The van der Waals surface area contributed by atoms with E-state index in [2.05, 4.69) is 38.6 Å². The van der Waals surface area contributed by atoms with E-state index in [1.807, 2.05) is 18.2 Å². The molecule has 0 saturated heterocycles. The summed E-state index contributed by atoms with van der Waals surface area (Å²) in [6, 6.07) is 1.94. The summed E-state index contributed by atoms with van der Waals surface area (Å²) in [5, 5.41) is 26.7. The van der Waals surface area contributed by atoms with E-state index in [0.717, 1.165) is 10.9 Å². The van der Waals surface area contributed by atoms with Gasteiger partial charge in [-0.3, -0.25) is 24.2 Å². The molecule has 2 aromatic rings. The molecule has 0 aliphatic rings. The molecule has 1 aromatic carbocycles. The zero-order chi connectivity index (χ0) is 29.8. The molecule has 4 atom stereocenters. The summed E-state index contributed by atoms with van der Waals surface area (Å²) >= 11 is 4.06. The quantitative estimate of drug-likeness (QED) is 0.0454. The number of carbonyl (C=O) groups excluding carboxylic acids is 3. The van der Waals surface area contributed by atoms with Crippen LogP contribution in [-0.2, 0) is 30.4 Å². The van der Waals surface area contributed by atoms with Crippen molar-refractivity contribution in [3.8, 4) is 0 Å². The van der Waals surface area contributed by atoms with Crippen LogP contribution in [0.2, 0.25) is 0 Å². The highest BCUT2D eigenvalue weighted by Gasteiger charge is 2.31. The first kappa shape index (κ1) is 31.9. The number of aliphatic imine (C=N–C) groups is 1. The van der Waals surface area contributed by atoms with Gasteiger partial charge in [-0.05, 0) is 24.5 Å². The molecule has 12 N–H and O–H groups in total. The number of carboxylic acid groups (broad SMARTS) is 2. The second-order valence-electron chi connectivity index (χ2n) is 8.92. The van der Waals surface area contributed by atoms with E-state index in [4.69, 9.17) is 17.2 Å². The molecule has 4 unspecified atom stereocenters. The van der Waals surface area contributed by atoms with Crippen molar-refractivity contribution in [2.75, 3.05) is 12.3 Å². The average molecular weight is 579 g/mol. The lowest BCUT2D eigenvalue weighted by Crippen LogP contribution is -2.58. The molecule has 3 amide bonds. The second kappa shape index (κ2) is 15.3. The van der Waals surface area contributed by atoms with Gasteiger partial charge in [-0.2, -0.15) is 12.6 Å². The van der Waals surface area contributed by atoms with E-state index in [9.17, 15) is 34.2 Å². The Morgan fingerprint density at radius 2 is 1.57 bits per heavy atom. The van der Waals surface area contributed by atoms with Gasteiger partial charge in [0.05, 0.1) is 12.5 Å². The number of H-pyrrole nitrogens is 1. The number of thiol groups is 1. The molecule has 40 heavy (non-hydrogen) atoms. The number of aliphatic carboxylic acids is 2. The van der Waals surface area contributed by atoms with Gasteiger partial charge in [0.1, 0.15) is 18.1 Å². The predicted molar refractivity (Wildman–Crippen MR) is 149 cm³/mol. The number of benzene rings is 1. The Bertz CT molecular complexity index is 1250. The van der Waals surface area contributed by atoms with Crippen molar-refractivity contribution >= 4 is 59.2 Å². The summed E-state index contributed by atoms with van der Waals surface area (Å²) in [4.78, 5) is 68.2. The molecule has 1 heterocycles. The summed E-state index contributed by atoms with van der Waals surface area (Å²) in [7, 11) is 0. The van der Waals surface area contributed by atoms with Crippen molar-refractivity contribution in [2.24, 2.45) is 22.2 Å². The van der Waals surface area contributed by atoms with Gasteiger partial charge in [0.15, 0.2) is 5.96 Å². The number of rotatable bonds is 16. The summed E-state index contributed by atoms with van der Waals surface area (Å²) in [6.45, 7) is 0.221. The van der Waals surface area contributed by atoms with Gasteiger partial charge in [-0.25, -0.2) is 4.79 Å². The molecular weight excluding hydrogens is 544 g/mol. The third-order valence-electron chi connectivity index (χ3n) is 5.85. The maximum atomic E-state index is 12.9. The van der Waals surface area contributed by atoms with Crippen molar-refractivity contribution in [3.63, 3.8) is 0 Å². The molecule has 1 aromatic heterocycles. The number of hydrogen-bond donors (Lipinski definition) is 10. The third kappa shape index (κ3) is 9.77. The third-order valence-corrected chi connectivity index (χ3v) is 6.21. The maximum absolute atomic E-state index is 12.9. The Hall–Kier alpha value is -4.31. The Balaban J connectivity index is 2.04. The Morgan fingerprint density at radius 3 is 2.20 bits per heavy atom. The molecule has 0 saturated carbocycles. The van der Waals surface area contributed by atoms with Crippen LogP contribution in [0.4, 0.5) is 0 Å². The SMILES string of the molecule is NC(N)=NCCCC(N)C(=O)NC(CC(=O)O)C(=O)NC(CS)C(=O)NC(Cc1c[nH]c2ccccc12)C(=O)O. The molecule has 0 aliphatic carbocycles. The number of carbonyl (C=O) groups is 5. The zero-order valence-electron chi connectivity index (χ0n) is 21.5. The minimum Gasteiger partial charge on any atom is -0.481 e. The highest BCUT2D eigenvalue weighted by molar-refractivity contribution is 7.80. The fourth-order valence-corrected chi connectivity index (χ4v) is 4.03. The highest BCUT2D eigenvalue weighted by atomic mass is 32.1. The molecule has 0 fully saturated rings. The smallest absolute Gasteiger partial charge is 0.326 e. The lowest BCUT2D eigenvalue weighted by Gasteiger charge is -2.24. The number of para-hydroxylation sites is 1. The Labute approximate surface area is 234 Å². The van der Waals surface area contributed by atoms with E-state index in [-0.39, 0.29) is 31.1 Å². The van der Waals surface area contributed by atoms with Crippen LogP contribution in [0.25, 0.3) is 10.9 Å². The van der Waals surface area contributed by atoms with Gasteiger partial charge < -0.3 is 48.3 Å². The molecule has 0 aliphatic heterocycles. The number of amides is 3. The van der Waals surface area contributed by atoms with Crippen LogP contribution in [0.15, 0.2) is 35.5 Å². The molecule has 0 spiro atoms. The molecule has 218 valence electrons. The summed E-state index contributed by atoms with van der Waals surface area (Å²) in [6.07, 6.45) is 1.32. The molecule has 2 rings (SSSR count). The number of carboxylic acids is 2. The van der Waals surface area contributed by atoms with E-state index in [1.165, 1.54) is 0 Å². The lowest BCUT2D eigenvalue weighted by atomic mass is 10.0. The van der Waals surface area contributed by atoms with Crippen molar-refractivity contribution in [1.82, 2.24) is 20.9 Å². The number of nitrogens with zero attached hydrogens (tertiary/aromatic N) is 1. The largest absolute Gasteiger partial charge is 0.481 e. The van der Waals surface area contributed by atoms with Crippen LogP contribution >= 0.6 is 12.6 Å². The zero-order valence-corrected chi connectivity index (χ0v) is 22.4. The molecule has 16 heteroatoms. The Morgan fingerprint density at radius 1 is 0.950 bits per heavy atom. The Kier molecular flexibility index (Phi) is 12.2. The monoisotopic (exact) mass is 578 g/mol. The van der Waals surface area contributed by atoms with Crippen LogP contribution in [-0.4, -0.2) is 87.3 Å². The van der Waals surface area contributed by atoms with Crippen LogP contribution < -0.4 is 33.2 Å². The lowest BCUT2D eigenvalue weighted by molar-refractivity contribution is -0.143. The van der Waals surface area contributed by atoms with Crippen LogP contribution in [0.3, 0.4) is 0 Å². The van der Waals surface area contributed by atoms with Crippen molar-refractivity contribution in [3.05, 3.63) is 36.0 Å². The fraction of sp³-hybridized carbons (Fsp3) is 0.417. The number of nitrogens with one attached hydrogen (secondary N) is 4. The van der Waals surface area contributed by atoms with Gasteiger partial charge >= 0.3 is 11.9 Å². The van der Waals surface area contributed by atoms with E-state index in [1.54, 1.807) is 12.3 Å². The summed E-state index contributed by atoms with van der Waals surface area (Å²) in [5.41, 5.74) is 17.7. The van der Waals surface area contributed by atoms with Gasteiger partial charge in [-0.1, -0.05) is 18.2 Å². The summed E-state index contributed by atoms with van der Waals surface area (Å²) < 4.78 is 0. The first-order valence-corrected chi connectivity index (χ1v) is 12.9. The summed E-state index contributed by atoms with van der Waals surface area (Å²) in [5.74, 6) is -5.68. The highest BCUT2D eigenvalue weighted by Crippen LogP contribution is 2.19. The molecule has 15 nitrogen and oxygen atoms in total. The van der Waals surface area contributed by atoms with Crippen molar-refractivity contribution < 1.29 is 34.2 Å². The first-order chi connectivity index (χ1) is 18.9. The topological polar surface area (TPSA) is 268 Å². The normalized spacial score (nSPS) is 13.8.